The number of esters is 1. The maximum Gasteiger partial charge on any atom is 0.401 e. The minimum absolute atomic E-state index is 0.462. The van der Waals surface area contributed by atoms with E-state index in [0.717, 1.165) is 5.56 Å². The molecule has 1 aromatic carbocycles. The molecule has 1 unspecified atom stereocenters. The maximum absolute atomic E-state index is 11.8. The molecule has 3 nitrogen and oxygen atoms in total. The molecule has 0 fully saturated rings. The van der Waals surface area contributed by atoms with Crippen molar-refractivity contribution in [3.8, 4) is 0 Å². The van der Waals surface area contributed by atoms with Gasteiger partial charge in [0.25, 0.3) is 0 Å². The summed E-state index contributed by atoms with van der Waals surface area (Å²) in [6.45, 7) is -0.00447. The van der Waals surface area contributed by atoms with Crippen LogP contribution in [0.5, 0.6) is 0 Å². The third kappa shape index (κ3) is 5.67. The number of carbonyl (C=O) groups excluding carboxylic acids is 1. The molecule has 1 rings (SSSR count). The lowest BCUT2D eigenvalue weighted by molar-refractivity contribution is -0.149. The van der Waals surface area contributed by atoms with Crippen molar-refractivity contribution in [3.05, 3.63) is 35.9 Å². The molecule has 0 bridgehead atoms. The lowest BCUT2D eigenvalue weighted by Gasteiger charge is -2.14. The van der Waals surface area contributed by atoms with E-state index in [4.69, 9.17) is 4.74 Å². The zero-order chi connectivity index (χ0) is 13.6. The Kier molecular flexibility index (Phi) is 5.15. The molecular weight excluding hydrogens is 247 g/mol. The highest BCUT2D eigenvalue weighted by molar-refractivity contribution is 5.71. The van der Waals surface area contributed by atoms with Gasteiger partial charge in [0.05, 0.1) is 13.1 Å². The Bertz CT molecular complexity index is 379. The molecule has 100 valence electrons. The van der Waals surface area contributed by atoms with Gasteiger partial charge < -0.3 is 4.74 Å². The van der Waals surface area contributed by atoms with Gasteiger partial charge >= 0.3 is 12.1 Å². The molecule has 0 saturated carbocycles. The van der Waals surface area contributed by atoms with Gasteiger partial charge in [0.2, 0.25) is 0 Å². The first-order valence-electron chi connectivity index (χ1n) is 5.40. The van der Waals surface area contributed by atoms with Crippen LogP contribution in [-0.2, 0) is 9.53 Å². The second-order valence-electron chi connectivity index (χ2n) is 3.76. The maximum atomic E-state index is 11.8. The quantitative estimate of drug-likeness (QED) is 0.827. The number of ether oxygens (including phenoxy) is 1. The number of rotatable bonds is 5. The van der Waals surface area contributed by atoms with Crippen LogP contribution in [0.15, 0.2) is 30.3 Å². The predicted octanol–water partition coefficient (Wildman–Crippen LogP) is 2.44. The molecule has 0 radical (unpaired) electrons. The molecule has 0 aromatic heterocycles. The van der Waals surface area contributed by atoms with Crippen LogP contribution in [0.25, 0.3) is 0 Å². The van der Waals surface area contributed by atoms with Crippen LogP contribution < -0.4 is 5.32 Å². The van der Waals surface area contributed by atoms with Gasteiger partial charge in [-0.25, -0.2) is 0 Å². The van der Waals surface area contributed by atoms with E-state index in [1.165, 1.54) is 0 Å². The number of halogens is 3. The molecule has 0 aliphatic rings. The third-order valence-electron chi connectivity index (χ3n) is 2.17. The number of hydrogen-bond acceptors (Lipinski definition) is 3. The number of carbonyl (C=O) groups is 1. The van der Waals surface area contributed by atoms with Crippen LogP contribution in [0, 0.1) is 0 Å². The monoisotopic (exact) mass is 261 g/mol. The zero-order valence-electron chi connectivity index (χ0n) is 9.83. The number of hydrogen-bond donors (Lipinski definition) is 1. The minimum Gasteiger partial charge on any atom is -0.457 e. The molecule has 0 saturated heterocycles. The van der Waals surface area contributed by atoms with Crippen molar-refractivity contribution in [2.24, 2.45) is 0 Å². The van der Waals surface area contributed by atoms with Crippen LogP contribution in [0.4, 0.5) is 13.2 Å². The third-order valence-corrected chi connectivity index (χ3v) is 2.17. The van der Waals surface area contributed by atoms with Crippen molar-refractivity contribution in [1.82, 2.24) is 5.32 Å². The van der Waals surface area contributed by atoms with Gasteiger partial charge in [0.1, 0.15) is 6.10 Å². The SMILES string of the molecule is CC(OC(=O)CNCC(F)(F)F)c1ccccc1. The topological polar surface area (TPSA) is 38.3 Å². The van der Waals surface area contributed by atoms with Crippen molar-refractivity contribution < 1.29 is 22.7 Å². The minimum atomic E-state index is -4.33. The normalized spacial score (nSPS) is 13.1. The molecule has 1 aromatic rings. The summed E-state index contributed by atoms with van der Waals surface area (Å²) < 4.78 is 40.4. The molecule has 0 amide bonds. The number of nitrogens with one attached hydrogen (secondary N) is 1. The molecule has 1 atom stereocenters. The summed E-state index contributed by atoms with van der Waals surface area (Å²) in [7, 11) is 0. The summed E-state index contributed by atoms with van der Waals surface area (Å²) in [6.07, 6.45) is -4.81. The van der Waals surface area contributed by atoms with Crippen LogP contribution in [0.3, 0.4) is 0 Å². The Morgan fingerprint density at radius 1 is 1.33 bits per heavy atom. The average Bonchev–Trinajstić information content (AvgIpc) is 2.28. The molecule has 0 aliphatic heterocycles. The zero-order valence-corrected chi connectivity index (χ0v) is 9.83. The van der Waals surface area contributed by atoms with Crippen LogP contribution in [-0.4, -0.2) is 25.2 Å². The Balaban J connectivity index is 2.32. The van der Waals surface area contributed by atoms with E-state index >= 15 is 0 Å². The number of benzene rings is 1. The predicted molar refractivity (Wildman–Crippen MR) is 59.9 cm³/mol. The summed E-state index contributed by atoms with van der Waals surface area (Å²) in [4.78, 5) is 11.3. The Morgan fingerprint density at radius 2 is 1.94 bits per heavy atom. The fourth-order valence-corrected chi connectivity index (χ4v) is 1.34. The van der Waals surface area contributed by atoms with Gasteiger partial charge in [-0.15, -0.1) is 0 Å². The lowest BCUT2D eigenvalue weighted by Crippen LogP contribution is -2.33. The molecule has 0 spiro atoms. The summed E-state index contributed by atoms with van der Waals surface area (Å²) in [5.41, 5.74) is 0.793. The van der Waals surface area contributed by atoms with Gasteiger partial charge in [-0.05, 0) is 12.5 Å². The van der Waals surface area contributed by atoms with Gasteiger partial charge in [0.15, 0.2) is 0 Å². The van der Waals surface area contributed by atoms with Gasteiger partial charge in [-0.1, -0.05) is 30.3 Å². The highest BCUT2D eigenvalue weighted by Crippen LogP contribution is 2.16. The van der Waals surface area contributed by atoms with Crippen molar-refractivity contribution >= 4 is 5.97 Å². The van der Waals surface area contributed by atoms with E-state index in [2.05, 4.69) is 0 Å². The van der Waals surface area contributed by atoms with E-state index < -0.39 is 31.3 Å². The summed E-state index contributed by atoms with van der Waals surface area (Å²) in [6, 6.07) is 8.97. The van der Waals surface area contributed by atoms with E-state index in [1.807, 2.05) is 11.4 Å². The average molecular weight is 261 g/mol. The second-order valence-corrected chi connectivity index (χ2v) is 3.76. The number of alkyl halides is 3. The highest BCUT2D eigenvalue weighted by atomic mass is 19.4. The summed E-state index contributed by atoms with van der Waals surface area (Å²) in [5, 5.41) is 1.98. The van der Waals surface area contributed by atoms with Crippen molar-refractivity contribution in [3.63, 3.8) is 0 Å². The van der Waals surface area contributed by atoms with Crippen molar-refractivity contribution in [2.45, 2.75) is 19.2 Å². The van der Waals surface area contributed by atoms with E-state index in [9.17, 15) is 18.0 Å². The van der Waals surface area contributed by atoms with Crippen LogP contribution in [0.2, 0.25) is 0 Å². The molecule has 18 heavy (non-hydrogen) atoms. The first kappa shape index (κ1) is 14.5. The first-order valence-corrected chi connectivity index (χ1v) is 5.40. The van der Waals surface area contributed by atoms with Crippen LogP contribution >= 0.6 is 0 Å². The largest absolute Gasteiger partial charge is 0.457 e. The van der Waals surface area contributed by atoms with Gasteiger partial charge in [-0.3, -0.25) is 10.1 Å². The second kappa shape index (κ2) is 6.39. The van der Waals surface area contributed by atoms with E-state index in [1.54, 1.807) is 31.2 Å². The highest BCUT2D eigenvalue weighted by Gasteiger charge is 2.26. The summed E-state index contributed by atoms with van der Waals surface area (Å²) >= 11 is 0. The molecule has 0 heterocycles. The smallest absolute Gasteiger partial charge is 0.401 e. The standard InChI is InChI=1S/C12H14F3NO2/c1-9(10-5-3-2-4-6-10)18-11(17)7-16-8-12(13,14)15/h2-6,9,16H,7-8H2,1H3. The molecule has 0 aliphatic carbocycles. The molecule has 6 heteroatoms. The molecule has 1 N–H and O–H groups in total. The van der Waals surface area contributed by atoms with Crippen molar-refractivity contribution in [1.29, 1.82) is 0 Å². The Hall–Kier alpha value is -1.56. The van der Waals surface area contributed by atoms with E-state index in [-0.39, 0.29) is 0 Å². The van der Waals surface area contributed by atoms with Gasteiger partial charge in [0, 0.05) is 0 Å². The molecular formula is C12H14F3NO2. The summed E-state index contributed by atoms with van der Waals surface area (Å²) in [5.74, 6) is -0.712. The van der Waals surface area contributed by atoms with Gasteiger partial charge in [-0.2, -0.15) is 13.2 Å². The van der Waals surface area contributed by atoms with Crippen LogP contribution in [0.1, 0.15) is 18.6 Å². The lowest BCUT2D eigenvalue weighted by atomic mass is 10.1. The Labute approximate surface area is 103 Å². The first-order chi connectivity index (χ1) is 8.38. The Morgan fingerprint density at radius 3 is 2.50 bits per heavy atom. The van der Waals surface area contributed by atoms with E-state index in [0.29, 0.717) is 0 Å². The fourth-order valence-electron chi connectivity index (χ4n) is 1.34. The van der Waals surface area contributed by atoms with Crippen molar-refractivity contribution in [2.75, 3.05) is 13.1 Å². The fraction of sp³-hybridized carbons (Fsp3) is 0.417.